The molecule has 0 bridgehead atoms. The molecular formula is C13H11ClN6S. The molecule has 21 heavy (non-hydrogen) atoms. The van der Waals surface area contributed by atoms with E-state index in [0.29, 0.717) is 21.9 Å². The summed E-state index contributed by atoms with van der Waals surface area (Å²) < 4.78 is 0. The summed E-state index contributed by atoms with van der Waals surface area (Å²) in [5.74, 6) is 0.837. The van der Waals surface area contributed by atoms with Gasteiger partial charge in [-0.05, 0) is 17.7 Å². The van der Waals surface area contributed by atoms with Gasteiger partial charge in [0, 0.05) is 11.2 Å². The van der Waals surface area contributed by atoms with Gasteiger partial charge in [0.25, 0.3) is 0 Å². The highest BCUT2D eigenvalue weighted by Gasteiger charge is 2.15. The highest BCUT2D eigenvalue weighted by Crippen LogP contribution is 2.28. The van der Waals surface area contributed by atoms with Crippen LogP contribution >= 0.6 is 24.2 Å². The molecule has 106 valence electrons. The number of nitrogen functional groups attached to an aromatic ring is 2. The molecule has 8 heteroatoms. The summed E-state index contributed by atoms with van der Waals surface area (Å²) in [5.41, 5.74) is 12.7. The van der Waals surface area contributed by atoms with Crippen molar-refractivity contribution in [1.82, 2.24) is 19.9 Å². The Hall–Kier alpha value is -2.12. The van der Waals surface area contributed by atoms with Crippen LogP contribution in [0.3, 0.4) is 0 Å². The second-order valence-electron chi connectivity index (χ2n) is 4.39. The molecule has 0 radical (unpaired) electrons. The van der Waals surface area contributed by atoms with Gasteiger partial charge in [0.05, 0.1) is 10.6 Å². The summed E-state index contributed by atoms with van der Waals surface area (Å²) in [6.07, 6.45) is 1.57. The van der Waals surface area contributed by atoms with Crippen LogP contribution in [-0.2, 0) is 0 Å². The van der Waals surface area contributed by atoms with E-state index in [9.17, 15) is 0 Å². The van der Waals surface area contributed by atoms with Crippen molar-refractivity contribution in [2.24, 2.45) is 0 Å². The van der Waals surface area contributed by atoms with Crippen molar-refractivity contribution in [3.8, 4) is 0 Å². The van der Waals surface area contributed by atoms with Crippen LogP contribution in [0.1, 0.15) is 16.6 Å². The zero-order valence-electron chi connectivity index (χ0n) is 10.7. The quantitative estimate of drug-likeness (QED) is 0.626. The molecule has 0 saturated carbocycles. The Bertz CT molecular complexity index is 808. The van der Waals surface area contributed by atoms with E-state index in [4.69, 9.17) is 23.1 Å². The van der Waals surface area contributed by atoms with E-state index in [2.05, 4.69) is 32.6 Å². The third-order valence-corrected chi connectivity index (χ3v) is 3.73. The summed E-state index contributed by atoms with van der Waals surface area (Å²) >= 11 is 10.4. The zero-order chi connectivity index (χ0) is 15.0. The Morgan fingerprint density at radius 3 is 2.48 bits per heavy atom. The Balaban J connectivity index is 2.06. The molecule has 3 aromatic rings. The molecule has 0 aliphatic carbocycles. The molecule has 1 atom stereocenters. The topological polar surface area (TPSA) is 104 Å². The monoisotopic (exact) mass is 318 g/mol. The van der Waals surface area contributed by atoms with Crippen LogP contribution in [0.5, 0.6) is 0 Å². The number of thiol groups is 1. The van der Waals surface area contributed by atoms with Gasteiger partial charge in [0.15, 0.2) is 5.65 Å². The van der Waals surface area contributed by atoms with Gasteiger partial charge in [-0.3, -0.25) is 0 Å². The minimum Gasteiger partial charge on any atom is -0.383 e. The number of fused-ring (bicyclic) bond motifs is 1. The third-order valence-electron chi connectivity index (χ3n) is 2.95. The van der Waals surface area contributed by atoms with Crippen LogP contribution in [0.15, 0.2) is 30.5 Å². The van der Waals surface area contributed by atoms with E-state index in [0.717, 1.165) is 5.56 Å². The molecule has 2 heterocycles. The fourth-order valence-electron chi connectivity index (χ4n) is 1.89. The highest BCUT2D eigenvalue weighted by atomic mass is 35.5. The maximum Gasteiger partial charge on any atom is 0.224 e. The van der Waals surface area contributed by atoms with Gasteiger partial charge in [0.1, 0.15) is 11.6 Å². The predicted molar refractivity (Wildman–Crippen MR) is 86.2 cm³/mol. The Labute approximate surface area is 131 Å². The Morgan fingerprint density at radius 1 is 1.05 bits per heavy atom. The predicted octanol–water partition coefficient (Wildman–Crippen LogP) is 2.26. The first-order valence-electron chi connectivity index (χ1n) is 6.04. The van der Waals surface area contributed by atoms with E-state index < -0.39 is 0 Å². The fraction of sp³-hybridized carbons (Fsp3) is 0.0769. The van der Waals surface area contributed by atoms with Gasteiger partial charge >= 0.3 is 0 Å². The number of nitrogens with two attached hydrogens (primary N) is 2. The van der Waals surface area contributed by atoms with Gasteiger partial charge in [-0.1, -0.05) is 23.7 Å². The summed E-state index contributed by atoms with van der Waals surface area (Å²) in [5, 5.41) is 0.917. The van der Waals surface area contributed by atoms with Gasteiger partial charge in [-0.15, -0.1) is 0 Å². The van der Waals surface area contributed by atoms with Gasteiger partial charge in [0.2, 0.25) is 5.95 Å². The van der Waals surface area contributed by atoms with E-state index in [1.807, 2.05) is 12.1 Å². The molecule has 4 N–H and O–H groups in total. The van der Waals surface area contributed by atoms with Crippen molar-refractivity contribution in [3.05, 3.63) is 46.9 Å². The number of halogens is 1. The average Bonchev–Trinajstić information content (AvgIpc) is 2.46. The normalized spacial score (nSPS) is 12.5. The van der Waals surface area contributed by atoms with Crippen molar-refractivity contribution in [1.29, 1.82) is 0 Å². The van der Waals surface area contributed by atoms with Gasteiger partial charge in [-0.2, -0.15) is 22.6 Å². The molecule has 0 amide bonds. The molecule has 0 aliphatic rings. The molecule has 1 unspecified atom stereocenters. The summed E-state index contributed by atoms with van der Waals surface area (Å²) in [6, 6.07) is 7.32. The number of aromatic nitrogens is 4. The van der Waals surface area contributed by atoms with Crippen molar-refractivity contribution in [2.75, 3.05) is 11.5 Å². The Kier molecular flexibility index (Phi) is 3.52. The maximum absolute atomic E-state index is 5.87. The lowest BCUT2D eigenvalue weighted by atomic mass is 10.1. The highest BCUT2D eigenvalue weighted by molar-refractivity contribution is 7.80. The molecule has 2 aromatic heterocycles. The van der Waals surface area contributed by atoms with Crippen LogP contribution < -0.4 is 11.5 Å². The molecule has 0 spiro atoms. The number of hydrogen-bond acceptors (Lipinski definition) is 7. The lowest BCUT2D eigenvalue weighted by Gasteiger charge is -2.10. The smallest absolute Gasteiger partial charge is 0.224 e. The minimum absolute atomic E-state index is 0.0758. The first-order valence-corrected chi connectivity index (χ1v) is 6.93. The number of nitrogens with zero attached hydrogens (tertiary/aromatic N) is 4. The van der Waals surface area contributed by atoms with Crippen molar-refractivity contribution in [2.45, 2.75) is 5.25 Å². The Morgan fingerprint density at radius 2 is 1.76 bits per heavy atom. The number of anilines is 2. The summed E-state index contributed by atoms with van der Waals surface area (Å²) in [7, 11) is 0. The van der Waals surface area contributed by atoms with Crippen LogP contribution in [0.25, 0.3) is 11.0 Å². The standard InChI is InChI=1S/C13H11ClN6S/c14-7-3-1-6(2-4-7)9(21)12-17-5-8-10(15)18-13(16)20-11(8)19-12/h1-5,9,21H,(H4,15,16,17,18,19,20). The molecule has 0 aliphatic heterocycles. The minimum atomic E-state index is -0.302. The van der Waals surface area contributed by atoms with Crippen LogP contribution in [0.2, 0.25) is 5.02 Å². The molecule has 1 aromatic carbocycles. The molecule has 0 fully saturated rings. The van der Waals surface area contributed by atoms with Gasteiger partial charge < -0.3 is 11.5 Å². The van der Waals surface area contributed by atoms with E-state index in [1.165, 1.54) is 0 Å². The fourth-order valence-corrected chi connectivity index (χ4v) is 2.32. The zero-order valence-corrected chi connectivity index (χ0v) is 12.4. The first kappa shape index (κ1) is 13.8. The lowest BCUT2D eigenvalue weighted by Crippen LogP contribution is -2.06. The summed E-state index contributed by atoms with van der Waals surface area (Å²) in [4.78, 5) is 16.6. The molecule has 0 saturated heterocycles. The van der Waals surface area contributed by atoms with Crippen molar-refractivity contribution < 1.29 is 0 Å². The SMILES string of the molecule is Nc1nc(N)c2cnc(C(S)c3ccc(Cl)cc3)nc2n1. The summed E-state index contributed by atoms with van der Waals surface area (Å²) in [6.45, 7) is 0. The average molecular weight is 319 g/mol. The molecule has 6 nitrogen and oxygen atoms in total. The van der Waals surface area contributed by atoms with Crippen LogP contribution in [-0.4, -0.2) is 19.9 Å². The van der Waals surface area contributed by atoms with Gasteiger partial charge in [-0.25, -0.2) is 9.97 Å². The van der Waals surface area contributed by atoms with Crippen LogP contribution in [0.4, 0.5) is 11.8 Å². The van der Waals surface area contributed by atoms with E-state index >= 15 is 0 Å². The van der Waals surface area contributed by atoms with E-state index in [1.54, 1.807) is 18.3 Å². The third kappa shape index (κ3) is 2.70. The molecule has 3 rings (SSSR count). The van der Waals surface area contributed by atoms with Crippen molar-refractivity contribution in [3.63, 3.8) is 0 Å². The molecular weight excluding hydrogens is 308 g/mol. The lowest BCUT2D eigenvalue weighted by molar-refractivity contribution is 0.967. The largest absolute Gasteiger partial charge is 0.383 e. The maximum atomic E-state index is 5.87. The second-order valence-corrected chi connectivity index (χ2v) is 5.34. The first-order chi connectivity index (χ1) is 10.0. The number of rotatable bonds is 2. The van der Waals surface area contributed by atoms with Crippen molar-refractivity contribution >= 4 is 47.0 Å². The number of hydrogen-bond donors (Lipinski definition) is 3. The number of benzene rings is 1. The van der Waals surface area contributed by atoms with E-state index in [-0.39, 0.29) is 17.0 Å². The second kappa shape index (κ2) is 5.34. The van der Waals surface area contributed by atoms with Crippen LogP contribution in [0, 0.1) is 0 Å².